The van der Waals surface area contributed by atoms with Crippen LogP contribution in [-0.2, 0) is 16.0 Å². The van der Waals surface area contributed by atoms with Gasteiger partial charge in [-0.3, -0.25) is 0 Å². The predicted molar refractivity (Wildman–Crippen MR) is 91.9 cm³/mol. The van der Waals surface area contributed by atoms with Gasteiger partial charge in [-0.15, -0.1) is 0 Å². The SMILES string of the molecule is CC(C)(C)OC(=O)N[C@@H](CCCc1cc(C(=O)O)nc(C(=O)O)c1)C(=O)O. The molecule has 1 aromatic rings. The maximum Gasteiger partial charge on any atom is 0.408 e. The van der Waals surface area contributed by atoms with Crippen molar-refractivity contribution in [2.75, 3.05) is 0 Å². The number of rotatable bonds is 8. The van der Waals surface area contributed by atoms with Crippen molar-refractivity contribution < 1.29 is 39.2 Å². The van der Waals surface area contributed by atoms with Crippen LogP contribution < -0.4 is 5.32 Å². The molecule has 1 aromatic heterocycles. The minimum atomic E-state index is -1.37. The smallest absolute Gasteiger partial charge is 0.408 e. The van der Waals surface area contributed by atoms with E-state index in [0.717, 1.165) is 0 Å². The Balaban J connectivity index is 2.76. The van der Waals surface area contributed by atoms with Crippen LogP contribution in [0.3, 0.4) is 0 Å². The normalized spacial score (nSPS) is 12.1. The molecule has 0 aromatic carbocycles. The molecule has 148 valence electrons. The first-order valence-electron chi connectivity index (χ1n) is 8.09. The zero-order valence-electron chi connectivity index (χ0n) is 15.2. The summed E-state index contributed by atoms with van der Waals surface area (Å²) in [7, 11) is 0. The summed E-state index contributed by atoms with van der Waals surface area (Å²) in [5.74, 6) is -3.98. The number of carboxylic acids is 3. The number of hydrogen-bond acceptors (Lipinski definition) is 6. The Morgan fingerprint density at radius 1 is 1.07 bits per heavy atom. The van der Waals surface area contributed by atoms with Crippen LogP contribution in [0, 0.1) is 0 Å². The number of amides is 1. The highest BCUT2D eigenvalue weighted by atomic mass is 16.6. The monoisotopic (exact) mass is 382 g/mol. The van der Waals surface area contributed by atoms with Gasteiger partial charge >= 0.3 is 24.0 Å². The van der Waals surface area contributed by atoms with E-state index < -0.39 is 47.0 Å². The third kappa shape index (κ3) is 7.72. The molecule has 4 N–H and O–H groups in total. The van der Waals surface area contributed by atoms with Crippen molar-refractivity contribution in [2.45, 2.75) is 51.7 Å². The van der Waals surface area contributed by atoms with Crippen molar-refractivity contribution in [3.05, 3.63) is 29.1 Å². The first-order valence-corrected chi connectivity index (χ1v) is 8.09. The lowest BCUT2D eigenvalue weighted by atomic mass is 10.0. The Hall–Kier alpha value is -3.17. The Labute approximate surface area is 155 Å². The van der Waals surface area contributed by atoms with E-state index >= 15 is 0 Å². The Morgan fingerprint density at radius 2 is 1.59 bits per heavy atom. The molecule has 0 aliphatic carbocycles. The summed E-state index contributed by atoms with van der Waals surface area (Å²) >= 11 is 0. The fourth-order valence-electron chi connectivity index (χ4n) is 2.17. The first-order chi connectivity index (χ1) is 12.4. The zero-order chi connectivity index (χ0) is 20.8. The number of carbonyl (C=O) groups excluding carboxylic acids is 1. The third-order valence-corrected chi connectivity index (χ3v) is 3.27. The number of carbonyl (C=O) groups is 4. The molecule has 0 radical (unpaired) electrons. The van der Waals surface area contributed by atoms with Gasteiger partial charge in [-0.1, -0.05) is 0 Å². The maximum atomic E-state index is 11.7. The second-order valence-corrected chi connectivity index (χ2v) is 6.79. The largest absolute Gasteiger partial charge is 0.480 e. The van der Waals surface area contributed by atoms with Crippen molar-refractivity contribution >= 4 is 24.0 Å². The van der Waals surface area contributed by atoms with Gasteiger partial charge in [0.2, 0.25) is 0 Å². The molecule has 0 aliphatic heterocycles. The van der Waals surface area contributed by atoms with Gasteiger partial charge in [0.1, 0.15) is 23.0 Å². The molecule has 1 amide bonds. The molecule has 0 fully saturated rings. The van der Waals surface area contributed by atoms with Gasteiger partial charge in [0, 0.05) is 0 Å². The van der Waals surface area contributed by atoms with Crippen LogP contribution in [0.2, 0.25) is 0 Å². The number of carboxylic acid groups (broad SMARTS) is 3. The molecule has 0 bridgehead atoms. The number of hydrogen-bond donors (Lipinski definition) is 4. The molecule has 0 unspecified atom stereocenters. The quantitative estimate of drug-likeness (QED) is 0.524. The van der Waals surface area contributed by atoms with Gasteiger partial charge in [-0.05, 0) is 57.7 Å². The standard InChI is InChI=1S/C17H22N2O8/c1-17(2,3)27-16(26)19-10(13(20)21)6-4-5-9-7-11(14(22)23)18-12(8-9)15(24)25/h7-8,10H,4-6H2,1-3H3,(H,19,26)(H,20,21)(H,22,23)(H,24,25)/t10-/m0/s1. The van der Waals surface area contributed by atoms with E-state index in [-0.39, 0.29) is 19.3 Å². The number of nitrogens with zero attached hydrogens (tertiary/aromatic N) is 1. The summed E-state index contributed by atoms with van der Waals surface area (Å²) in [6, 6.07) is 1.26. The lowest BCUT2D eigenvalue weighted by molar-refractivity contribution is -0.139. The Morgan fingerprint density at radius 3 is 2.00 bits per heavy atom. The highest BCUT2D eigenvalue weighted by molar-refractivity contribution is 5.90. The molecule has 0 spiro atoms. The van der Waals surface area contributed by atoms with Crippen molar-refractivity contribution in [3.8, 4) is 0 Å². The number of nitrogens with one attached hydrogen (secondary N) is 1. The average Bonchev–Trinajstić information content (AvgIpc) is 2.51. The first kappa shape index (κ1) is 21.9. The van der Waals surface area contributed by atoms with E-state index in [1.165, 1.54) is 12.1 Å². The average molecular weight is 382 g/mol. The fraction of sp³-hybridized carbons (Fsp3) is 0.471. The van der Waals surface area contributed by atoms with Gasteiger partial charge < -0.3 is 25.4 Å². The third-order valence-electron chi connectivity index (χ3n) is 3.27. The number of aromatic carboxylic acids is 2. The highest BCUT2D eigenvalue weighted by Crippen LogP contribution is 2.12. The summed E-state index contributed by atoms with van der Waals surface area (Å²) in [5.41, 5.74) is -1.20. The van der Waals surface area contributed by atoms with E-state index in [9.17, 15) is 24.3 Å². The van der Waals surface area contributed by atoms with Crippen molar-refractivity contribution in [3.63, 3.8) is 0 Å². The van der Waals surface area contributed by atoms with Crippen LogP contribution in [0.1, 0.15) is 60.2 Å². The number of alkyl carbamates (subject to hydrolysis) is 1. The summed E-state index contributed by atoms with van der Waals surface area (Å²) < 4.78 is 5.01. The summed E-state index contributed by atoms with van der Waals surface area (Å²) in [5, 5.41) is 29.5. The second-order valence-electron chi connectivity index (χ2n) is 6.79. The van der Waals surface area contributed by atoms with E-state index in [1.807, 2.05) is 0 Å². The van der Waals surface area contributed by atoms with Crippen LogP contribution in [0.25, 0.3) is 0 Å². The molecular weight excluding hydrogens is 360 g/mol. The van der Waals surface area contributed by atoms with Gasteiger partial charge in [0.05, 0.1) is 0 Å². The van der Waals surface area contributed by atoms with Crippen molar-refractivity contribution in [1.82, 2.24) is 10.3 Å². The van der Waals surface area contributed by atoms with Gasteiger partial charge in [-0.2, -0.15) is 0 Å². The maximum absolute atomic E-state index is 11.7. The number of ether oxygens (including phenoxy) is 1. The molecule has 1 atom stereocenters. The number of pyridine rings is 1. The lowest BCUT2D eigenvalue weighted by Gasteiger charge is -2.22. The van der Waals surface area contributed by atoms with Crippen LogP contribution in [0.4, 0.5) is 4.79 Å². The number of aliphatic carboxylic acids is 1. The molecule has 27 heavy (non-hydrogen) atoms. The predicted octanol–water partition coefficient (Wildman–Crippen LogP) is 1.78. The summed E-state index contributed by atoms with van der Waals surface area (Å²) in [6.07, 6.45) is -0.348. The van der Waals surface area contributed by atoms with Crippen LogP contribution in [-0.4, -0.2) is 55.9 Å². The minimum absolute atomic E-state index is 0.0434. The van der Waals surface area contributed by atoms with E-state index in [0.29, 0.717) is 5.56 Å². The lowest BCUT2D eigenvalue weighted by Crippen LogP contribution is -2.43. The van der Waals surface area contributed by atoms with E-state index in [2.05, 4.69) is 10.3 Å². The minimum Gasteiger partial charge on any atom is -0.480 e. The molecule has 10 nitrogen and oxygen atoms in total. The summed E-state index contributed by atoms with van der Waals surface area (Å²) in [6.45, 7) is 4.93. The molecule has 10 heteroatoms. The summed E-state index contributed by atoms with van der Waals surface area (Å²) in [4.78, 5) is 48.6. The van der Waals surface area contributed by atoms with Gasteiger partial charge in [0.15, 0.2) is 0 Å². The highest BCUT2D eigenvalue weighted by Gasteiger charge is 2.23. The van der Waals surface area contributed by atoms with Crippen molar-refractivity contribution in [1.29, 1.82) is 0 Å². The molecule has 0 aliphatic rings. The van der Waals surface area contributed by atoms with E-state index in [1.54, 1.807) is 20.8 Å². The molecule has 0 saturated carbocycles. The number of aryl methyl sites for hydroxylation is 1. The second kappa shape index (κ2) is 8.97. The fourth-order valence-corrected chi connectivity index (χ4v) is 2.17. The van der Waals surface area contributed by atoms with E-state index in [4.69, 9.17) is 14.9 Å². The zero-order valence-corrected chi connectivity index (χ0v) is 15.2. The Bertz CT molecular complexity index is 707. The molecule has 1 heterocycles. The number of aromatic nitrogens is 1. The molecular formula is C17H22N2O8. The van der Waals surface area contributed by atoms with Gasteiger partial charge in [-0.25, -0.2) is 24.2 Å². The molecule has 0 saturated heterocycles. The van der Waals surface area contributed by atoms with Gasteiger partial charge in [0.25, 0.3) is 0 Å². The topological polar surface area (TPSA) is 163 Å². The molecule has 1 rings (SSSR count). The van der Waals surface area contributed by atoms with Crippen LogP contribution in [0.15, 0.2) is 12.1 Å². The van der Waals surface area contributed by atoms with Crippen LogP contribution in [0.5, 0.6) is 0 Å². The Kier molecular flexibility index (Phi) is 7.26. The van der Waals surface area contributed by atoms with Crippen LogP contribution >= 0.6 is 0 Å². The van der Waals surface area contributed by atoms with Crippen molar-refractivity contribution in [2.24, 2.45) is 0 Å².